The predicted molar refractivity (Wildman–Crippen MR) is 124 cm³/mol. The van der Waals surface area contributed by atoms with Gasteiger partial charge in [0, 0.05) is 44.2 Å². The van der Waals surface area contributed by atoms with Gasteiger partial charge in [-0.25, -0.2) is 4.68 Å². The Morgan fingerprint density at radius 2 is 2.06 bits per heavy atom. The van der Waals surface area contributed by atoms with Gasteiger partial charge in [-0.3, -0.25) is 14.9 Å². The molecule has 160 valence electrons. The first-order chi connectivity index (χ1) is 14.9. The molecule has 4 aromatic rings. The fourth-order valence-corrected chi connectivity index (χ4v) is 3.95. The molecule has 0 saturated heterocycles. The third-order valence-electron chi connectivity index (χ3n) is 4.93. The third kappa shape index (κ3) is 5.07. The monoisotopic (exact) mass is 434 g/mol. The molecule has 1 aromatic carbocycles. The van der Waals surface area contributed by atoms with E-state index >= 15 is 0 Å². The minimum absolute atomic E-state index is 0.288. The van der Waals surface area contributed by atoms with Crippen LogP contribution in [-0.4, -0.2) is 45.5 Å². The Bertz CT molecular complexity index is 1170. The highest BCUT2D eigenvalue weighted by atomic mass is 28.3. The van der Waals surface area contributed by atoms with Crippen LogP contribution in [0.4, 0.5) is 5.69 Å². The maximum absolute atomic E-state index is 12.9. The third-order valence-corrected chi connectivity index (χ3v) is 6.63. The maximum atomic E-state index is 12.9. The number of hydrogen-bond donors (Lipinski definition) is 2. The molecule has 2 N–H and O–H groups in total. The van der Waals surface area contributed by atoms with Crippen LogP contribution >= 0.6 is 0 Å². The van der Waals surface area contributed by atoms with Gasteiger partial charge in [-0.05, 0) is 29.8 Å². The number of ether oxygens (including phenoxy) is 1. The number of carbonyl (C=O) groups excluding carboxylic acids is 1. The van der Waals surface area contributed by atoms with Crippen LogP contribution in [0.25, 0.3) is 22.0 Å². The largest absolute Gasteiger partial charge is 0.360 e. The lowest BCUT2D eigenvalue weighted by Crippen LogP contribution is -2.22. The molecule has 0 bridgehead atoms. The summed E-state index contributed by atoms with van der Waals surface area (Å²) in [5.74, 6) is -0.290. The van der Waals surface area contributed by atoms with E-state index in [4.69, 9.17) is 4.74 Å². The van der Waals surface area contributed by atoms with E-state index in [0.717, 1.165) is 28.1 Å². The molecule has 3 aromatic heterocycles. The molecule has 0 aliphatic rings. The van der Waals surface area contributed by atoms with E-state index in [1.807, 2.05) is 36.5 Å². The minimum atomic E-state index is -1.19. The van der Waals surface area contributed by atoms with E-state index in [2.05, 4.69) is 45.2 Å². The summed E-state index contributed by atoms with van der Waals surface area (Å²) in [6, 6.07) is 10.9. The van der Waals surface area contributed by atoms with Gasteiger partial charge in [0.05, 0.1) is 17.4 Å². The molecule has 0 aliphatic heterocycles. The highest BCUT2D eigenvalue weighted by molar-refractivity contribution is 6.76. The van der Waals surface area contributed by atoms with Crippen LogP contribution in [0.3, 0.4) is 0 Å². The molecule has 1 amide bonds. The number of carbonyl (C=O) groups is 1. The van der Waals surface area contributed by atoms with Gasteiger partial charge < -0.3 is 10.1 Å². The molecule has 0 saturated carbocycles. The van der Waals surface area contributed by atoms with Gasteiger partial charge in [0.25, 0.3) is 5.91 Å². The fourth-order valence-electron chi connectivity index (χ4n) is 3.19. The molecule has 0 spiro atoms. The van der Waals surface area contributed by atoms with Crippen molar-refractivity contribution in [2.45, 2.75) is 32.4 Å². The van der Waals surface area contributed by atoms with Crippen LogP contribution in [0.15, 0.2) is 55.1 Å². The molecule has 0 fully saturated rings. The first kappa shape index (κ1) is 20.9. The smallest absolute Gasteiger partial charge is 0.276 e. The van der Waals surface area contributed by atoms with Crippen molar-refractivity contribution in [1.29, 1.82) is 0 Å². The standard InChI is InChI=1S/C22H26N6O2Si/c1-31(2,3)10-9-30-15-28-20-11-16(17-5-4-8-23-12-17)6-7-19(20)21(27-28)22(29)26-18-13-24-25-14-18/h4-8,11-14H,9-10,15H2,1-3H3,(H,24,25)(H,26,29). The first-order valence-electron chi connectivity index (χ1n) is 10.2. The summed E-state index contributed by atoms with van der Waals surface area (Å²) in [6.45, 7) is 7.92. The van der Waals surface area contributed by atoms with Gasteiger partial charge in [0.15, 0.2) is 5.69 Å². The highest BCUT2D eigenvalue weighted by Gasteiger charge is 2.19. The van der Waals surface area contributed by atoms with Gasteiger partial charge in [0.2, 0.25) is 0 Å². The van der Waals surface area contributed by atoms with Gasteiger partial charge in [-0.1, -0.05) is 31.8 Å². The van der Waals surface area contributed by atoms with Crippen LogP contribution in [0.1, 0.15) is 10.5 Å². The lowest BCUT2D eigenvalue weighted by atomic mass is 10.1. The average molecular weight is 435 g/mol. The topological polar surface area (TPSA) is 97.7 Å². The van der Waals surface area contributed by atoms with Crippen molar-refractivity contribution in [1.82, 2.24) is 25.0 Å². The summed E-state index contributed by atoms with van der Waals surface area (Å²) >= 11 is 0. The second-order valence-electron chi connectivity index (χ2n) is 8.61. The molecular formula is C22H26N6O2Si. The highest BCUT2D eigenvalue weighted by Crippen LogP contribution is 2.27. The summed E-state index contributed by atoms with van der Waals surface area (Å²) in [5.41, 5.74) is 3.78. The molecule has 0 aliphatic carbocycles. The number of aromatic amines is 1. The van der Waals surface area contributed by atoms with Gasteiger partial charge >= 0.3 is 0 Å². The predicted octanol–water partition coefficient (Wildman–Crippen LogP) is 4.39. The van der Waals surface area contributed by atoms with E-state index in [9.17, 15) is 4.79 Å². The number of amides is 1. The molecule has 0 unspecified atom stereocenters. The molecule has 0 atom stereocenters. The van der Waals surface area contributed by atoms with Crippen molar-refractivity contribution in [3.63, 3.8) is 0 Å². The molecule has 3 heterocycles. The average Bonchev–Trinajstić information content (AvgIpc) is 3.38. The quantitative estimate of drug-likeness (QED) is 0.317. The normalized spacial score (nSPS) is 11.7. The lowest BCUT2D eigenvalue weighted by molar-refractivity contribution is 0.0809. The zero-order valence-electron chi connectivity index (χ0n) is 17.9. The van der Waals surface area contributed by atoms with Crippen molar-refractivity contribution in [3.05, 3.63) is 60.8 Å². The number of H-pyrrole nitrogens is 1. The molecular weight excluding hydrogens is 408 g/mol. The Kier molecular flexibility index (Phi) is 5.96. The van der Waals surface area contributed by atoms with E-state index in [1.165, 1.54) is 0 Å². The minimum Gasteiger partial charge on any atom is -0.360 e. The Hall–Kier alpha value is -3.30. The van der Waals surface area contributed by atoms with Crippen LogP contribution in [0.5, 0.6) is 0 Å². The number of nitrogens with zero attached hydrogens (tertiary/aromatic N) is 4. The summed E-state index contributed by atoms with van der Waals surface area (Å²) < 4.78 is 7.68. The number of pyridine rings is 1. The number of nitrogens with one attached hydrogen (secondary N) is 2. The molecule has 31 heavy (non-hydrogen) atoms. The lowest BCUT2D eigenvalue weighted by Gasteiger charge is -2.15. The molecule has 8 nitrogen and oxygen atoms in total. The summed E-state index contributed by atoms with van der Waals surface area (Å²) in [6.07, 6.45) is 6.74. The Morgan fingerprint density at radius 3 is 2.77 bits per heavy atom. The van der Waals surface area contributed by atoms with Crippen LogP contribution in [0, 0.1) is 0 Å². The van der Waals surface area contributed by atoms with Crippen LogP contribution < -0.4 is 5.32 Å². The number of hydrogen-bond acceptors (Lipinski definition) is 5. The van der Waals surface area contributed by atoms with Crippen molar-refractivity contribution >= 4 is 30.6 Å². The molecule has 0 radical (unpaired) electrons. The van der Waals surface area contributed by atoms with E-state index in [1.54, 1.807) is 23.3 Å². The van der Waals surface area contributed by atoms with Crippen molar-refractivity contribution in [2.24, 2.45) is 0 Å². The zero-order chi connectivity index (χ0) is 21.8. The number of aromatic nitrogens is 5. The molecule has 9 heteroatoms. The van der Waals surface area contributed by atoms with Crippen LogP contribution in [-0.2, 0) is 11.5 Å². The summed E-state index contributed by atoms with van der Waals surface area (Å²) in [7, 11) is -1.19. The zero-order valence-corrected chi connectivity index (χ0v) is 18.9. The van der Waals surface area contributed by atoms with E-state index < -0.39 is 8.07 Å². The second-order valence-corrected chi connectivity index (χ2v) is 14.2. The summed E-state index contributed by atoms with van der Waals surface area (Å²) in [5, 5.41) is 14.7. The number of anilines is 1. The Morgan fingerprint density at radius 1 is 1.19 bits per heavy atom. The number of benzene rings is 1. The molecule has 4 rings (SSSR count). The fraction of sp³-hybridized carbons (Fsp3) is 0.273. The van der Waals surface area contributed by atoms with E-state index in [-0.39, 0.29) is 12.6 Å². The van der Waals surface area contributed by atoms with Crippen molar-refractivity contribution in [2.75, 3.05) is 11.9 Å². The van der Waals surface area contributed by atoms with Crippen molar-refractivity contribution in [3.8, 4) is 11.1 Å². The SMILES string of the molecule is C[Si](C)(C)CCOCn1nc(C(=O)Nc2cn[nH]c2)c2ccc(-c3cccnc3)cc21. The van der Waals surface area contributed by atoms with Crippen molar-refractivity contribution < 1.29 is 9.53 Å². The van der Waals surface area contributed by atoms with Gasteiger partial charge in [-0.15, -0.1) is 0 Å². The second kappa shape index (κ2) is 8.82. The Balaban J connectivity index is 1.66. The summed E-state index contributed by atoms with van der Waals surface area (Å²) in [4.78, 5) is 17.1. The number of rotatable bonds is 8. The van der Waals surface area contributed by atoms with Gasteiger partial charge in [-0.2, -0.15) is 10.2 Å². The maximum Gasteiger partial charge on any atom is 0.276 e. The number of fused-ring (bicyclic) bond motifs is 1. The first-order valence-corrected chi connectivity index (χ1v) is 13.9. The van der Waals surface area contributed by atoms with E-state index in [0.29, 0.717) is 18.0 Å². The van der Waals surface area contributed by atoms with Gasteiger partial charge in [0.1, 0.15) is 6.73 Å². The van der Waals surface area contributed by atoms with Crippen LogP contribution in [0.2, 0.25) is 25.7 Å². The Labute approximate surface area is 181 Å².